The van der Waals surface area contributed by atoms with E-state index in [1.54, 1.807) is 0 Å². The van der Waals surface area contributed by atoms with Crippen molar-refractivity contribution in [3.63, 3.8) is 0 Å². The molecule has 0 aliphatic carbocycles. The van der Waals surface area contributed by atoms with Gasteiger partial charge >= 0.3 is 0 Å². The van der Waals surface area contributed by atoms with Crippen LogP contribution in [0.25, 0.3) is 0 Å². The third kappa shape index (κ3) is 2.78. The van der Waals surface area contributed by atoms with E-state index in [2.05, 4.69) is 61.0 Å². The summed E-state index contributed by atoms with van der Waals surface area (Å²) in [6, 6.07) is 12.6. The van der Waals surface area contributed by atoms with Crippen LogP contribution in [0.3, 0.4) is 0 Å². The van der Waals surface area contributed by atoms with E-state index in [0.29, 0.717) is 0 Å². The fraction of sp³-hybridized carbons (Fsp3) is 0.250. The molecule has 0 heterocycles. The van der Waals surface area contributed by atoms with Gasteiger partial charge in [0.2, 0.25) is 0 Å². The molecule has 2 heteroatoms. The molecule has 0 aliphatic rings. The van der Waals surface area contributed by atoms with Gasteiger partial charge in [-0.2, -0.15) is 0 Å². The monoisotopic (exact) mass is 322 g/mol. The average molecular weight is 324 g/mol. The third-order valence-corrected chi connectivity index (χ3v) is 4.43. The van der Waals surface area contributed by atoms with Gasteiger partial charge in [-0.15, -0.1) is 0 Å². The van der Waals surface area contributed by atoms with E-state index in [1.807, 2.05) is 12.1 Å². The summed E-state index contributed by atoms with van der Waals surface area (Å²) < 4.78 is 0. The van der Waals surface area contributed by atoms with Crippen LogP contribution in [0.2, 0.25) is 5.02 Å². The number of rotatable bonds is 2. The summed E-state index contributed by atoms with van der Waals surface area (Å²) in [5, 5.41) is 0.782. The fourth-order valence-electron chi connectivity index (χ4n) is 2.16. The topological polar surface area (TPSA) is 0 Å². The molecule has 0 radical (unpaired) electrons. The highest BCUT2D eigenvalue weighted by Gasteiger charge is 2.15. The quantitative estimate of drug-likeness (QED) is 0.617. The van der Waals surface area contributed by atoms with Crippen molar-refractivity contribution in [2.45, 2.75) is 25.6 Å². The van der Waals surface area contributed by atoms with Gasteiger partial charge in [0.1, 0.15) is 0 Å². The first-order chi connectivity index (χ1) is 8.49. The summed E-state index contributed by atoms with van der Waals surface area (Å²) in [7, 11) is 0. The molecule has 1 unspecified atom stereocenters. The maximum atomic E-state index is 6.09. The lowest BCUT2D eigenvalue weighted by atomic mass is 9.96. The second-order valence-electron chi connectivity index (χ2n) is 4.72. The zero-order valence-electron chi connectivity index (χ0n) is 10.8. The number of aryl methyl sites for hydroxylation is 3. The van der Waals surface area contributed by atoms with E-state index in [0.717, 1.165) is 5.02 Å². The first kappa shape index (κ1) is 13.6. The molecule has 94 valence electrons. The van der Waals surface area contributed by atoms with Crippen LogP contribution >= 0.6 is 27.5 Å². The molecule has 0 spiro atoms. The zero-order valence-corrected chi connectivity index (χ0v) is 13.1. The van der Waals surface area contributed by atoms with Crippen molar-refractivity contribution in [1.82, 2.24) is 0 Å². The second-order valence-corrected chi connectivity index (χ2v) is 6.08. The Kier molecular flexibility index (Phi) is 4.14. The van der Waals surface area contributed by atoms with E-state index >= 15 is 0 Å². The first-order valence-corrected chi connectivity index (χ1v) is 7.25. The summed E-state index contributed by atoms with van der Waals surface area (Å²) in [6.45, 7) is 6.38. The predicted octanol–water partition coefficient (Wildman–Crippen LogP) is 5.75. The van der Waals surface area contributed by atoms with Crippen LogP contribution in [0.4, 0.5) is 0 Å². The Morgan fingerprint density at radius 3 is 2.28 bits per heavy atom. The van der Waals surface area contributed by atoms with Crippen molar-refractivity contribution in [2.24, 2.45) is 0 Å². The lowest BCUT2D eigenvalue weighted by molar-refractivity contribution is 1.11. The van der Waals surface area contributed by atoms with Gasteiger partial charge in [0.05, 0.1) is 4.83 Å². The SMILES string of the molecule is Cc1ccc(C(Br)c2cc(Cl)ccc2C)c(C)c1. The Morgan fingerprint density at radius 2 is 1.61 bits per heavy atom. The van der Waals surface area contributed by atoms with Crippen molar-refractivity contribution in [1.29, 1.82) is 0 Å². The highest BCUT2D eigenvalue weighted by molar-refractivity contribution is 9.09. The Bertz CT molecular complexity index is 575. The molecule has 0 bridgehead atoms. The molecule has 0 N–H and O–H groups in total. The molecule has 2 aromatic carbocycles. The minimum Gasteiger partial charge on any atom is -0.0843 e. The van der Waals surface area contributed by atoms with E-state index in [9.17, 15) is 0 Å². The van der Waals surface area contributed by atoms with Crippen LogP contribution in [0.15, 0.2) is 36.4 Å². The van der Waals surface area contributed by atoms with Gasteiger partial charge in [-0.05, 0) is 55.2 Å². The highest BCUT2D eigenvalue weighted by Crippen LogP contribution is 2.36. The van der Waals surface area contributed by atoms with E-state index in [1.165, 1.54) is 27.8 Å². The Hall–Kier alpha value is -0.790. The van der Waals surface area contributed by atoms with Gasteiger partial charge < -0.3 is 0 Å². The average Bonchev–Trinajstić information content (AvgIpc) is 2.31. The zero-order chi connectivity index (χ0) is 13.3. The van der Waals surface area contributed by atoms with E-state index in [-0.39, 0.29) is 4.83 Å². The molecule has 2 rings (SSSR count). The van der Waals surface area contributed by atoms with Crippen molar-refractivity contribution in [2.75, 3.05) is 0 Å². The number of alkyl halides is 1. The molecular formula is C16H16BrCl. The van der Waals surface area contributed by atoms with Gasteiger partial charge in [0.15, 0.2) is 0 Å². The number of benzene rings is 2. The summed E-state index contributed by atoms with van der Waals surface area (Å²) in [5.74, 6) is 0. The minimum absolute atomic E-state index is 0.191. The van der Waals surface area contributed by atoms with Gasteiger partial charge in [-0.1, -0.05) is 57.4 Å². The van der Waals surface area contributed by atoms with Crippen LogP contribution in [0.5, 0.6) is 0 Å². The lowest BCUT2D eigenvalue weighted by Crippen LogP contribution is -1.98. The second kappa shape index (κ2) is 5.46. The van der Waals surface area contributed by atoms with E-state index in [4.69, 9.17) is 11.6 Å². The van der Waals surface area contributed by atoms with Crippen LogP contribution in [0, 0.1) is 20.8 Å². The van der Waals surface area contributed by atoms with Gasteiger partial charge in [0, 0.05) is 5.02 Å². The van der Waals surface area contributed by atoms with Crippen LogP contribution in [-0.2, 0) is 0 Å². The van der Waals surface area contributed by atoms with Gasteiger partial charge in [-0.25, -0.2) is 0 Å². The lowest BCUT2D eigenvalue weighted by Gasteiger charge is -2.16. The first-order valence-electron chi connectivity index (χ1n) is 5.96. The van der Waals surface area contributed by atoms with Crippen LogP contribution < -0.4 is 0 Å². The molecule has 0 aliphatic heterocycles. The predicted molar refractivity (Wildman–Crippen MR) is 82.9 cm³/mol. The van der Waals surface area contributed by atoms with Crippen molar-refractivity contribution < 1.29 is 0 Å². The van der Waals surface area contributed by atoms with Crippen molar-refractivity contribution in [3.8, 4) is 0 Å². The molecule has 0 aromatic heterocycles. The molecule has 0 saturated heterocycles. The molecule has 18 heavy (non-hydrogen) atoms. The third-order valence-electron chi connectivity index (χ3n) is 3.21. The minimum atomic E-state index is 0.191. The smallest absolute Gasteiger partial charge is 0.0650 e. The van der Waals surface area contributed by atoms with Crippen molar-refractivity contribution >= 4 is 27.5 Å². The Morgan fingerprint density at radius 1 is 0.889 bits per heavy atom. The molecule has 1 atom stereocenters. The molecule has 2 aromatic rings. The molecule has 0 amide bonds. The van der Waals surface area contributed by atoms with Crippen LogP contribution in [0.1, 0.15) is 32.6 Å². The van der Waals surface area contributed by atoms with Gasteiger partial charge in [-0.3, -0.25) is 0 Å². The highest BCUT2D eigenvalue weighted by atomic mass is 79.9. The maximum absolute atomic E-state index is 6.09. The summed E-state index contributed by atoms with van der Waals surface area (Å²) in [5.41, 5.74) is 6.37. The molecular weight excluding hydrogens is 308 g/mol. The molecule has 0 nitrogen and oxygen atoms in total. The largest absolute Gasteiger partial charge is 0.0843 e. The Labute approximate surface area is 122 Å². The standard InChI is InChI=1S/C16H16BrCl/c1-10-4-7-14(12(3)8-10)16(17)15-9-13(18)6-5-11(15)2/h4-9,16H,1-3H3. The van der Waals surface area contributed by atoms with Gasteiger partial charge in [0.25, 0.3) is 0 Å². The van der Waals surface area contributed by atoms with E-state index < -0.39 is 0 Å². The Balaban J connectivity index is 2.47. The summed E-state index contributed by atoms with van der Waals surface area (Å²) >= 11 is 9.89. The summed E-state index contributed by atoms with van der Waals surface area (Å²) in [4.78, 5) is 0.191. The fourth-order valence-corrected chi connectivity index (χ4v) is 3.35. The molecule has 0 saturated carbocycles. The number of hydrogen-bond acceptors (Lipinski definition) is 0. The maximum Gasteiger partial charge on any atom is 0.0650 e. The van der Waals surface area contributed by atoms with Crippen LogP contribution in [-0.4, -0.2) is 0 Å². The normalized spacial score (nSPS) is 12.5. The number of halogens is 2. The molecule has 0 fully saturated rings. The number of hydrogen-bond donors (Lipinski definition) is 0. The summed E-state index contributed by atoms with van der Waals surface area (Å²) in [6.07, 6.45) is 0. The van der Waals surface area contributed by atoms with Crippen molar-refractivity contribution in [3.05, 3.63) is 69.2 Å².